The SMILES string of the molecule is Cc1ccc(C(=O)c2nn(-c3ccc(Cl)cc3)c(NCCCNC(C)c3ccc4[nH]ccc4c3)c2C#N)cc1. The van der Waals surface area contributed by atoms with Gasteiger partial charge in [-0.1, -0.05) is 47.5 Å². The van der Waals surface area contributed by atoms with Crippen molar-refractivity contribution in [3.8, 4) is 11.8 Å². The Morgan fingerprint density at radius 3 is 2.59 bits per heavy atom. The van der Waals surface area contributed by atoms with E-state index in [0.717, 1.165) is 24.0 Å². The fraction of sp³-hybridized carbons (Fsp3) is 0.194. The van der Waals surface area contributed by atoms with E-state index in [9.17, 15) is 10.1 Å². The van der Waals surface area contributed by atoms with Crippen molar-refractivity contribution in [1.29, 1.82) is 5.26 Å². The maximum atomic E-state index is 13.4. The number of benzene rings is 3. The van der Waals surface area contributed by atoms with E-state index in [2.05, 4.69) is 58.0 Å². The van der Waals surface area contributed by atoms with Gasteiger partial charge in [0, 0.05) is 34.9 Å². The molecule has 0 aliphatic heterocycles. The Hall–Kier alpha value is -4.38. The first-order valence-corrected chi connectivity index (χ1v) is 13.3. The van der Waals surface area contributed by atoms with Crippen molar-refractivity contribution in [2.45, 2.75) is 26.3 Å². The number of halogens is 1. The Balaban J connectivity index is 1.32. The number of aryl methyl sites for hydroxylation is 1. The number of H-pyrrole nitrogens is 1. The van der Waals surface area contributed by atoms with Crippen LogP contribution in [-0.4, -0.2) is 33.6 Å². The fourth-order valence-corrected chi connectivity index (χ4v) is 4.66. The van der Waals surface area contributed by atoms with E-state index in [1.54, 1.807) is 28.9 Å². The van der Waals surface area contributed by atoms with Gasteiger partial charge < -0.3 is 15.6 Å². The van der Waals surface area contributed by atoms with Gasteiger partial charge in [-0.15, -0.1) is 0 Å². The third kappa shape index (κ3) is 5.73. The van der Waals surface area contributed by atoms with Crippen LogP contribution in [-0.2, 0) is 0 Å². The second kappa shape index (κ2) is 11.6. The largest absolute Gasteiger partial charge is 0.369 e. The molecule has 1 unspecified atom stereocenters. The lowest BCUT2D eigenvalue weighted by molar-refractivity contribution is 0.103. The molecule has 0 spiro atoms. The van der Waals surface area contributed by atoms with E-state index < -0.39 is 0 Å². The van der Waals surface area contributed by atoms with Crippen LogP contribution in [0.1, 0.15) is 52.1 Å². The highest BCUT2D eigenvalue weighted by Gasteiger charge is 2.25. The molecule has 2 aromatic heterocycles. The molecule has 0 fully saturated rings. The average molecular weight is 537 g/mol. The summed E-state index contributed by atoms with van der Waals surface area (Å²) >= 11 is 6.10. The van der Waals surface area contributed by atoms with Crippen molar-refractivity contribution < 1.29 is 4.79 Å². The molecule has 0 aliphatic rings. The molecule has 2 heterocycles. The standard InChI is InChI=1S/C31H29ClN6O/c1-20-4-6-22(7-5-20)30(39)29-27(19-33)31(38(37-29)26-11-9-25(32)10-12-26)36-16-3-15-34-21(2)23-8-13-28-24(18-23)14-17-35-28/h4-14,17-18,21,34-36H,3,15-16H2,1-2H3. The van der Waals surface area contributed by atoms with Gasteiger partial charge in [0.25, 0.3) is 0 Å². The number of nitrogens with one attached hydrogen (secondary N) is 3. The molecule has 3 aromatic carbocycles. The number of carbonyl (C=O) groups is 1. The number of fused-ring (bicyclic) bond motifs is 1. The molecule has 7 nitrogen and oxygen atoms in total. The third-order valence-corrected chi connectivity index (χ3v) is 7.02. The number of nitriles is 1. The van der Waals surface area contributed by atoms with Gasteiger partial charge in [-0.2, -0.15) is 10.4 Å². The van der Waals surface area contributed by atoms with Crippen LogP contribution in [0.15, 0.2) is 79.0 Å². The predicted octanol–water partition coefficient (Wildman–Crippen LogP) is 6.57. The zero-order valence-corrected chi connectivity index (χ0v) is 22.6. The van der Waals surface area contributed by atoms with Gasteiger partial charge in [-0.25, -0.2) is 4.68 Å². The molecule has 0 saturated heterocycles. The van der Waals surface area contributed by atoms with Gasteiger partial charge in [0.15, 0.2) is 5.69 Å². The van der Waals surface area contributed by atoms with Crippen LogP contribution in [0.5, 0.6) is 0 Å². The normalized spacial score (nSPS) is 11.8. The zero-order chi connectivity index (χ0) is 27.4. The maximum Gasteiger partial charge on any atom is 0.214 e. The molecule has 3 N–H and O–H groups in total. The quantitative estimate of drug-likeness (QED) is 0.138. The number of rotatable bonds is 10. The molecule has 8 heteroatoms. The Morgan fingerprint density at radius 2 is 1.85 bits per heavy atom. The van der Waals surface area contributed by atoms with Crippen LogP contribution in [0.25, 0.3) is 16.6 Å². The Kier molecular flexibility index (Phi) is 7.78. The van der Waals surface area contributed by atoms with Crippen molar-refractivity contribution in [1.82, 2.24) is 20.1 Å². The highest BCUT2D eigenvalue weighted by atomic mass is 35.5. The molecule has 5 rings (SSSR count). The molecular formula is C31H29ClN6O. The van der Waals surface area contributed by atoms with Crippen LogP contribution >= 0.6 is 11.6 Å². The van der Waals surface area contributed by atoms with E-state index in [1.165, 1.54) is 10.9 Å². The lowest BCUT2D eigenvalue weighted by atomic mass is 10.0. The van der Waals surface area contributed by atoms with Crippen molar-refractivity contribution in [2.24, 2.45) is 0 Å². The van der Waals surface area contributed by atoms with Crippen molar-refractivity contribution in [2.75, 3.05) is 18.4 Å². The van der Waals surface area contributed by atoms with Crippen LogP contribution in [0.3, 0.4) is 0 Å². The number of ketones is 1. The second-order valence-electron chi connectivity index (χ2n) is 9.55. The number of aromatic nitrogens is 3. The molecule has 5 aromatic rings. The van der Waals surface area contributed by atoms with E-state index in [1.807, 2.05) is 37.4 Å². The summed E-state index contributed by atoms with van der Waals surface area (Å²) in [5, 5.41) is 23.4. The number of aromatic amines is 1. The third-order valence-electron chi connectivity index (χ3n) is 6.77. The topological polar surface area (TPSA) is 98.5 Å². The molecule has 0 aliphatic carbocycles. The number of nitrogens with zero attached hydrogens (tertiary/aromatic N) is 3. The molecule has 0 radical (unpaired) electrons. The van der Waals surface area contributed by atoms with Gasteiger partial charge in [-0.05, 0) is 80.2 Å². The highest BCUT2D eigenvalue weighted by Crippen LogP contribution is 2.26. The molecule has 0 saturated carbocycles. The van der Waals surface area contributed by atoms with Crippen molar-refractivity contribution in [3.05, 3.63) is 112 Å². The maximum absolute atomic E-state index is 13.4. The summed E-state index contributed by atoms with van der Waals surface area (Å²) in [5.74, 6) is 0.193. The molecule has 196 valence electrons. The van der Waals surface area contributed by atoms with E-state index in [-0.39, 0.29) is 23.1 Å². The van der Waals surface area contributed by atoms with Gasteiger partial charge in [0.2, 0.25) is 5.78 Å². The van der Waals surface area contributed by atoms with Gasteiger partial charge in [-0.3, -0.25) is 4.79 Å². The predicted molar refractivity (Wildman–Crippen MR) is 156 cm³/mol. The summed E-state index contributed by atoms with van der Waals surface area (Å²) in [5.41, 5.74) is 4.92. The number of hydrogen-bond donors (Lipinski definition) is 3. The van der Waals surface area contributed by atoms with Crippen LogP contribution in [0.4, 0.5) is 5.82 Å². The van der Waals surface area contributed by atoms with E-state index in [4.69, 9.17) is 11.6 Å². The summed E-state index contributed by atoms with van der Waals surface area (Å²) < 4.78 is 1.61. The molecule has 0 amide bonds. The van der Waals surface area contributed by atoms with Crippen LogP contribution in [0.2, 0.25) is 5.02 Å². The monoisotopic (exact) mass is 536 g/mol. The summed E-state index contributed by atoms with van der Waals surface area (Å²) in [6.45, 7) is 5.46. The lowest BCUT2D eigenvalue weighted by Crippen LogP contribution is -2.22. The van der Waals surface area contributed by atoms with Crippen LogP contribution < -0.4 is 10.6 Å². The Bertz CT molecular complexity index is 1640. The summed E-state index contributed by atoms with van der Waals surface area (Å²) in [4.78, 5) is 16.6. The van der Waals surface area contributed by atoms with Gasteiger partial charge in [0.1, 0.15) is 17.5 Å². The first-order valence-electron chi connectivity index (χ1n) is 12.9. The zero-order valence-electron chi connectivity index (χ0n) is 21.8. The fourth-order valence-electron chi connectivity index (χ4n) is 4.53. The second-order valence-corrected chi connectivity index (χ2v) is 9.98. The van der Waals surface area contributed by atoms with E-state index in [0.29, 0.717) is 28.6 Å². The minimum Gasteiger partial charge on any atom is -0.369 e. The van der Waals surface area contributed by atoms with Crippen molar-refractivity contribution >= 4 is 34.1 Å². The number of carbonyl (C=O) groups excluding carboxylic acids is 1. The lowest BCUT2D eigenvalue weighted by Gasteiger charge is -2.15. The summed E-state index contributed by atoms with van der Waals surface area (Å²) in [7, 11) is 0. The van der Waals surface area contributed by atoms with Crippen molar-refractivity contribution in [3.63, 3.8) is 0 Å². The van der Waals surface area contributed by atoms with Gasteiger partial charge in [0.05, 0.1) is 5.69 Å². The van der Waals surface area contributed by atoms with Crippen LogP contribution in [0, 0.1) is 18.3 Å². The smallest absolute Gasteiger partial charge is 0.214 e. The molecule has 0 bridgehead atoms. The molecule has 1 atom stereocenters. The molecular weight excluding hydrogens is 508 g/mol. The molecule has 39 heavy (non-hydrogen) atoms. The summed E-state index contributed by atoms with van der Waals surface area (Å²) in [6, 6.07) is 25.3. The minimum absolute atomic E-state index is 0.116. The van der Waals surface area contributed by atoms with Gasteiger partial charge >= 0.3 is 0 Å². The first-order chi connectivity index (χ1) is 18.9. The average Bonchev–Trinajstić information content (AvgIpc) is 3.57. The Labute approximate surface area is 232 Å². The van der Waals surface area contributed by atoms with E-state index >= 15 is 0 Å². The summed E-state index contributed by atoms with van der Waals surface area (Å²) in [6.07, 6.45) is 2.75. The number of anilines is 1. The minimum atomic E-state index is -0.294. The highest BCUT2D eigenvalue weighted by molar-refractivity contribution is 6.30. The Morgan fingerprint density at radius 1 is 1.08 bits per heavy atom. The first kappa shape index (κ1) is 26.2. The number of hydrogen-bond acceptors (Lipinski definition) is 5.